The van der Waals surface area contributed by atoms with Gasteiger partial charge in [0.25, 0.3) is 0 Å². The quantitative estimate of drug-likeness (QED) is 0.521. The van der Waals surface area contributed by atoms with Gasteiger partial charge in [-0.15, -0.1) is 0 Å². The van der Waals surface area contributed by atoms with Gasteiger partial charge in [0.15, 0.2) is 0 Å². The van der Waals surface area contributed by atoms with E-state index in [1.54, 1.807) is 0 Å². The highest BCUT2D eigenvalue weighted by molar-refractivity contribution is 6.55. The lowest BCUT2D eigenvalue weighted by atomic mass is 10.4. The molecule has 0 N–H and O–H groups in total. The van der Waals surface area contributed by atoms with E-state index in [1.807, 2.05) is 6.08 Å². The molecule has 1 rings (SSSR count). The molecule has 0 unspecified atom stereocenters. The van der Waals surface area contributed by atoms with Crippen molar-refractivity contribution in [2.45, 2.75) is 12.8 Å². The molecule has 0 aromatic rings. The van der Waals surface area contributed by atoms with Crippen molar-refractivity contribution in [3.05, 3.63) is 10.6 Å². The summed E-state index contributed by atoms with van der Waals surface area (Å²) >= 11 is 10.7. The minimum absolute atomic E-state index is 0.419. The molecule has 0 atom stereocenters. The number of allylic oxidation sites excluding steroid dienone is 1. The van der Waals surface area contributed by atoms with E-state index >= 15 is 0 Å². The molecule has 0 aromatic heterocycles. The molecule has 0 bridgehead atoms. The molecule has 1 aliphatic carbocycles. The average molecular weight is 137 g/mol. The van der Waals surface area contributed by atoms with Crippen LogP contribution in [0.4, 0.5) is 0 Å². The van der Waals surface area contributed by atoms with E-state index < -0.39 is 0 Å². The SMILES string of the molecule is ClC(Cl)=CC1CC1. The maximum Gasteiger partial charge on any atom is 0.103 e. The highest BCUT2D eigenvalue weighted by Crippen LogP contribution is 2.32. The summed E-state index contributed by atoms with van der Waals surface area (Å²) in [4.78, 5) is 0. The number of hydrogen-bond donors (Lipinski definition) is 0. The third-order valence-corrected chi connectivity index (χ3v) is 1.24. The minimum atomic E-state index is 0.419. The van der Waals surface area contributed by atoms with Gasteiger partial charge in [0.1, 0.15) is 4.49 Å². The Morgan fingerprint density at radius 2 is 2.00 bits per heavy atom. The van der Waals surface area contributed by atoms with Crippen LogP contribution in [0.25, 0.3) is 0 Å². The van der Waals surface area contributed by atoms with Crippen LogP contribution in [0.3, 0.4) is 0 Å². The van der Waals surface area contributed by atoms with Gasteiger partial charge in [-0.05, 0) is 18.8 Å². The van der Waals surface area contributed by atoms with Crippen molar-refractivity contribution in [3.8, 4) is 0 Å². The van der Waals surface area contributed by atoms with Gasteiger partial charge in [-0.1, -0.05) is 29.3 Å². The third kappa shape index (κ3) is 2.20. The van der Waals surface area contributed by atoms with Gasteiger partial charge in [-0.3, -0.25) is 0 Å². The fourth-order valence-corrected chi connectivity index (χ4v) is 0.797. The zero-order chi connectivity index (χ0) is 5.28. The summed E-state index contributed by atoms with van der Waals surface area (Å²) in [5.74, 6) is 0.699. The summed E-state index contributed by atoms with van der Waals surface area (Å²) in [7, 11) is 0. The van der Waals surface area contributed by atoms with E-state index in [9.17, 15) is 0 Å². The van der Waals surface area contributed by atoms with Crippen molar-refractivity contribution < 1.29 is 0 Å². The Kier molecular flexibility index (Phi) is 1.61. The lowest BCUT2D eigenvalue weighted by Crippen LogP contribution is -1.59. The van der Waals surface area contributed by atoms with Crippen LogP contribution in [0.1, 0.15) is 12.8 Å². The highest BCUT2D eigenvalue weighted by Gasteiger charge is 2.18. The molecule has 40 valence electrons. The molecule has 0 aromatic carbocycles. The Morgan fingerprint density at radius 1 is 1.43 bits per heavy atom. The topological polar surface area (TPSA) is 0 Å². The van der Waals surface area contributed by atoms with E-state index in [4.69, 9.17) is 23.2 Å². The van der Waals surface area contributed by atoms with Gasteiger partial charge < -0.3 is 0 Å². The van der Waals surface area contributed by atoms with Gasteiger partial charge in [0, 0.05) is 0 Å². The van der Waals surface area contributed by atoms with E-state index in [0.717, 1.165) is 0 Å². The van der Waals surface area contributed by atoms with Crippen LogP contribution in [0, 0.1) is 5.92 Å². The molecule has 0 spiro atoms. The molecule has 2 heteroatoms. The number of hydrogen-bond acceptors (Lipinski definition) is 0. The summed E-state index contributed by atoms with van der Waals surface area (Å²) in [5, 5.41) is 0. The molecule has 0 radical (unpaired) electrons. The van der Waals surface area contributed by atoms with Gasteiger partial charge >= 0.3 is 0 Å². The van der Waals surface area contributed by atoms with Gasteiger partial charge in [0.05, 0.1) is 0 Å². The molecule has 0 nitrogen and oxygen atoms in total. The Bertz CT molecular complexity index is 88.3. The van der Waals surface area contributed by atoms with Crippen molar-refractivity contribution in [1.29, 1.82) is 0 Å². The lowest BCUT2D eigenvalue weighted by molar-refractivity contribution is 1.12. The minimum Gasteiger partial charge on any atom is -0.0712 e. The highest BCUT2D eigenvalue weighted by atomic mass is 35.5. The van der Waals surface area contributed by atoms with E-state index in [2.05, 4.69) is 0 Å². The summed E-state index contributed by atoms with van der Waals surface area (Å²) in [5.41, 5.74) is 0. The summed E-state index contributed by atoms with van der Waals surface area (Å²) in [6.07, 6.45) is 4.43. The van der Waals surface area contributed by atoms with Crippen LogP contribution in [0.5, 0.6) is 0 Å². The molecule has 0 amide bonds. The first kappa shape index (κ1) is 5.46. The first-order valence-electron chi connectivity index (χ1n) is 2.32. The van der Waals surface area contributed by atoms with E-state index in [0.29, 0.717) is 10.4 Å². The number of halogens is 2. The second-order valence-electron chi connectivity index (χ2n) is 1.79. The van der Waals surface area contributed by atoms with Crippen LogP contribution in [-0.4, -0.2) is 0 Å². The molecule has 0 heterocycles. The maximum absolute atomic E-state index is 5.34. The smallest absolute Gasteiger partial charge is 0.0712 e. The molecule has 1 saturated carbocycles. The van der Waals surface area contributed by atoms with Crippen LogP contribution >= 0.6 is 23.2 Å². The number of rotatable bonds is 1. The lowest BCUT2D eigenvalue weighted by Gasteiger charge is -1.77. The molecular formula is C5H6Cl2. The Hall–Kier alpha value is 0.320. The molecular weight excluding hydrogens is 131 g/mol. The van der Waals surface area contributed by atoms with Gasteiger partial charge in [0.2, 0.25) is 0 Å². The zero-order valence-corrected chi connectivity index (χ0v) is 5.34. The predicted octanol–water partition coefficient (Wildman–Crippen LogP) is 2.72. The normalized spacial score (nSPS) is 19.1. The molecule has 1 aliphatic rings. The zero-order valence-electron chi connectivity index (χ0n) is 3.82. The first-order chi connectivity index (χ1) is 3.29. The summed E-state index contributed by atoms with van der Waals surface area (Å²) in [6.45, 7) is 0. The molecule has 1 fully saturated rings. The van der Waals surface area contributed by atoms with Crippen LogP contribution in [-0.2, 0) is 0 Å². The molecule has 0 aliphatic heterocycles. The molecule has 7 heavy (non-hydrogen) atoms. The first-order valence-corrected chi connectivity index (χ1v) is 3.07. The van der Waals surface area contributed by atoms with Crippen molar-refractivity contribution in [1.82, 2.24) is 0 Å². The monoisotopic (exact) mass is 136 g/mol. The fraction of sp³-hybridized carbons (Fsp3) is 0.600. The van der Waals surface area contributed by atoms with Crippen molar-refractivity contribution in [2.75, 3.05) is 0 Å². The fourth-order valence-electron chi connectivity index (χ4n) is 0.441. The summed E-state index contributed by atoms with van der Waals surface area (Å²) < 4.78 is 0.419. The van der Waals surface area contributed by atoms with Crippen LogP contribution in [0.15, 0.2) is 10.6 Å². The predicted molar refractivity (Wildman–Crippen MR) is 32.5 cm³/mol. The average Bonchev–Trinajstić information content (AvgIpc) is 2.17. The maximum atomic E-state index is 5.34. The van der Waals surface area contributed by atoms with Gasteiger partial charge in [-0.2, -0.15) is 0 Å². The molecule has 0 saturated heterocycles. The van der Waals surface area contributed by atoms with Crippen molar-refractivity contribution in [3.63, 3.8) is 0 Å². The summed E-state index contributed by atoms with van der Waals surface area (Å²) in [6, 6.07) is 0. The van der Waals surface area contributed by atoms with Crippen LogP contribution < -0.4 is 0 Å². The second kappa shape index (κ2) is 2.06. The Balaban J connectivity index is 2.29. The van der Waals surface area contributed by atoms with E-state index in [1.165, 1.54) is 12.8 Å². The standard InChI is InChI=1S/C5H6Cl2/c6-5(7)3-4-1-2-4/h3-4H,1-2H2. The Labute approximate surface area is 53.1 Å². The van der Waals surface area contributed by atoms with E-state index in [-0.39, 0.29) is 0 Å². The van der Waals surface area contributed by atoms with Crippen molar-refractivity contribution >= 4 is 23.2 Å². The second-order valence-corrected chi connectivity index (χ2v) is 2.80. The third-order valence-electron chi connectivity index (χ3n) is 0.984. The van der Waals surface area contributed by atoms with Crippen LogP contribution in [0.2, 0.25) is 0 Å². The largest absolute Gasteiger partial charge is 0.103 e. The Morgan fingerprint density at radius 3 is 2.14 bits per heavy atom. The van der Waals surface area contributed by atoms with Gasteiger partial charge in [-0.25, -0.2) is 0 Å². The van der Waals surface area contributed by atoms with Crippen molar-refractivity contribution in [2.24, 2.45) is 5.92 Å².